The van der Waals surface area contributed by atoms with Crippen molar-refractivity contribution in [3.8, 4) is 0 Å². The summed E-state index contributed by atoms with van der Waals surface area (Å²) in [5.41, 5.74) is 12.4. The molecule has 2 heterocycles. The molecule has 0 aromatic heterocycles. The summed E-state index contributed by atoms with van der Waals surface area (Å²) < 4.78 is 23.2. The minimum absolute atomic E-state index is 0.0947. The molecule has 426 valence electrons. The Kier molecular flexibility index (Phi) is 30.1. The van der Waals surface area contributed by atoms with Crippen LogP contribution < -0.4 is 11.5 Å². The van der Waals surface area contributed by atoms with Gasteiger partial charge >= 0.3 is 11.9 Å². The Labute approximate surface area is 447 Å². The number of Topliss-reactive ketones (excluding diaryl/α,β-unsaturated/α-hetero) is 1. The number of ketones is 1. The maximum absolute atomic E-state index is 13.3. The first-order chi connectivity index (χ1) is 36.0. The summed E-state index contributed by atoms with van der Waals surface area (Å²) in [5.74, 6) is -6.60. The van der Waals surface area contributed by atoms with Gasteiger partial charge in [0.25, 0.3) is 0 Å². The number of aliphatic hydroxyl groups excluding tert-OH is 8. The van der Waals surface area contributed by atoms with Crippen molar-refractivity contribution >= 4 is 23.4 Å². The molecule has 1 saturated heterocycles. The van der Waals surface area contributed by atoms with E-state index in [9.17, 15) is 65.4 Å². The smallest absolute Gasteiger partial charge is 0.311 e. The number of carboxylic acid groups (broad SMARTS) is 1. The van der Waals surface area contributed by atoms with Gasteiger partial charge in [-0.15, -0.1) is 0 Å². The van der Waals surface area contributed by atoms with Gasteiger partial charge < -0.3 is 81.5 Å². The number of rotatable bonds is 14. The molecule has 0 amide bonds. The standard InChI is InChI=1S/C57H86N2O17/c1-37-17-14-12-10-8-6-4-5-7-9-11-13-15-20-48(74-36-73-35-51(68)39(3)58)32-52-54(56(70)71)50(67)34-57(72,76-52)33-47(65)29-45(63)27-42(60)18-16-19-43(61)28-46(64)31-53(69)75-55(37)38(2)21-26-44(62)30-49(66)40-22-24-41(59)25-23-40/h4-15,17,20,22-25,37-39,42-48,50-52,54-55,60-65,67-68,72H,16,18-19,21,26-36,58-59H2,1-3H3,(H,70,71)/b5-4-,8-6-,9-7+,12-10+,13-11+,17-14+,20-15+/t37?,38?,39-,42?,43?,44?,45?,46?,47?,48?,50?,51-,52+,54?,55?,57?/m1/s1. The third-order valence-electron chi connectivity index (χ3n) is 13.3. The number of carbonyl (C=O) groups is 3. The predicted molar refractivity (Wildman–Crippen MR) is 286 cm³/mol. The van der Waals surface area contributed by atoms with Gasteiger partial charge in [-0.2, -0.15) is 0 Å². The van der Waals surface area contributed by atoms with E-state index in [1.807, 2.05) is 56.4 Å². The van der Waals surface area contributed by atoms with Crippen LogP contribution in [0.4, 0.5) is 5.69 Å². The fourth-order valence-corrected chi connectivity index (χ4v) is 9.07. The van der Waals surface area contributed by atoms with E-state index in [1.54, 1.807) is 73.7 Å². The van der Waals surface area contributed by atoms with Gasteiger partial charge in [0.1, 0.15) is 18.8 Å². The lowest BCUT2D eigenvalue weighted by atomic mass is 9.83. The Morgan fingerprint density at radius 1 is 0.750 bits per heavy atom. The van der Waals surface area contributed by atoms with Crippen molar-refractivity contribution in [2.75, 3.05) is 19.1 Å². The van der Waals surface area contributed by atoms with Gasteiger partial charge in [-0.3, -0.25) is 14.4 Å². The molecular weight excluding hydrogens is 985 g/mol. The van der Waals surface area contributed by atoms with Crippen molar-refractivity contribution < 1.29 is 84.4 Å². The zero-order valence-electron chi connectivity index (χ0n) is 44.1. The van der Waals surface area contributed by atoms with Gasteiger partial charge in [0, 0.05) is 48.9 Å². The Hall–Kier alpha value is -4.71. The zero-order chi connectivity index (χ0) is 56.2. The van der Waals surface area contributed by atoms with Crippen molar-refractivity contribution in [1.29, 1.82) is 0 Å². The molecule has 2 bridgehead atoms. The van der Waals surface area contributed by atoms with Crippen LogP contribution in [-0.2, 0) is 28.5 Å². The lowest BCUT2D eigenvalue weighted by Gasteiger charge is -2.44. The molecule has 0 aliphatic carbocycles. The van der Waals surface area contributed by atoms with E-state index in [-0.39, 0.29) is 88.8 Å². The van der Waals surface area contributed by atoms with E-state index in [1.165, 1.54) is 0 Å². The SMILES string of the molecule is CC1/C=C/C=C/C=C\C=C/C=C/C=C/C=C/C(OCOC[C@@H](O)[C@@H](C)N)C[C@@H]2OC(O)(CC(O)CC(O)CC(O)CCCC(O)CC(O)CC(=O)OC1C(C)CCC(O)CC(=O)c1ccc(N)cc1)CC(O)C2C(=O)O. The van der Waals surface area contributed by atoms with Crippen LogP contribution in [0.25, 0.3) is 0 Å². The van der Waals surface area contributed by atoms with Crippen LogP contribution in [-0.4, -0.2) is 161 Å². The molecule has 0 spiro atoms. The summed E-state index contributed by atoms with van der Waals surface area (Å²) in [6.07, 6.45) is 11.1. The second kappa shape index (κ2) is 34.9. The highest BCUT2D eigenvalue weighted by Gasteiger charge is 2.50. The van der Waals surface area contributed by atoms with Gasteiger partial charge in [-0.05, 0) is 88.5 Å². The van der Waals surface area contributed by atoms with Crippen LogP contribution in [0.1, 0.15) is 115 Å². The number of esters is 1. The summed E-state index contributed by atoms with van der Waals surface area (Å²) >= 11 is 0. The highest BCUT2D eigenvalue weighted by molar-refractivity contribution is 5.96. The normalized spacial score (nSPS) is 34.2. The van der Waals surface area contributed by atoms with E-state index >= 15 is 0 Å². The minimum atomic E-state index is -2.22. The van der Waals surface area contributed by atoms with Gasteiger partial charge in [-0.25, -0.2) is 0 Å². The maximum atomic E-state index is 13.3. The van der Waals surface area contributed by atoms with E-state index in [0.717, 1.165) is 0 Å². The van der Waals surface area contributed by atoms with Crippen LogP contribution in [0.2, 0.25) is 0 Å². The number of fused-ring (bicyclic) bond motifs is 2. The average Bonchev–Trinajstić information content (AvgIpc) is 3.32. The molecule has 2 aliphatic heterocycles. The fraction of sp³-hybridized carbons (Fsp3) is 0.596. The molecule has 19 heteroatoms. The number of nitrogens with two attached hydrogens (primary N) is 2. The zero-order valence-corrected chi connectivity index (χ0v) is 44.1. The highest BCUT2D eigenvalue weighted by Crippen LogP contribution is 2.38. The molecule has 13 unspecified atom stereocenters. The molecule has 1 fully saturated rings. The number of hydrogen-bond donors (Lipinski definition) is 12. The Balaban J connectivity index is 1.80. The van der Waals surface area contributed by atoms with Gasteiger partial charge in [0.15, 0.2) is 11.6 Å². The summed E-state index contributed by atoms with van der Waals surface area (Å²) in [5, 5.41) is 108. The first-order valence-electron chi connectivity index (χ1n) is 26.3. The third kappa shape index (κ3) is 26.1. The number of anilines is 1. The predicted octanol–water partition coefficient (Wildman–Crippen LogP) is 4.00. The second-order valence-electron chi connectivity index (χ2n) is 20.4. The highest BCUT2D eigenvalue weighted by atomic mass is 16.7. The number of ether oxygens (including phenoxy) is 4. The van der Waals surface area contributed by atoms with E-state index in [0.29, 0.717) is 17.7 Å². The molecule has 14 N–H and O–H groups in total. The topological polar surface area (TPSA) is 342 Å². The first-order valence-corrected chi connectivity index (χ1v) is 26.3. The number of aliphatic carboxylic acids is 1. The largest absolute Gasteiger partial charge is 0.481 e. The van der Waals surface area contributed by atoms with Crippen molar-refractivity contribution in [2.24, 2.45) is 23.5 Å². The number of aliphatic hydroxyl groups is 9. The molecule has 1 aromatic carbocycles. The number of allylic oxidation sites excluding steroid dienone is 12. The molecule has 3 rings (SSSR count). The second-order valence-corrected chi connectivity index (χ2v) is 20.4. The van der Waals surface area contributed by atoms with Crippen molar-refractivity contribution in [2.45, 2.75) is 183 Å². The maximum Gasteiger partial charge on any atom is 0.311 e. The van der Waals surface area contributed by atoms with Crippen LogP contribution in [0, 0.1) is 17.8 Å². The molecule has 16 atom stereocenters. The lowest BCUT2D eigenvalue weighted by molar-refractivity contribution is -0.301. The van der Waals surface area contributed by atoms with Crippen LogP contribution in [0.5, 0.6) is 0 Å². The quantitative estimate of drug-likeness (QED) is 0.0412. The number of hydrogen-bond acceptors (Lipinski definition) is 18. The molecule has 0 saturated carbocycles. The monoisotopic (exact) mass is 1070 g/mol. The van der Waals surface area contributed by atoms with Crippen LogP contribution in [0.15, 0.2) is 109 Å². The molecule has 0 radical (unpaired) electrons. The fourth-order valence-electron chi connectivity index (χ4n) is 9.07. The number of carboxylic acids is 1. The third-order valence-corrected chi connectivity index (χ3v) is 13.3. The Morgan fingerprint density at radius 2 is 1.30 bits per heavy atom. The number of nitrogen functional groups attached to an aromatic ring is 1. The molecule has 1 aromatic rings. The van der Waals surface area contributed by atoms with Crippen molar-refractivity contribution in [3.63, 3.8) is 0 Å². The summed E-state index contributed by atoms with van der Waals surface area (Å²) in [6, 6.07) is 5.89. The summed E-state index contributed by atoms with van der Waals surface area (Å²) in [6.45, 7) is 4.90. The number of benzene rings is 1. The van der Waals surface area contributed by atoms with E-state index < -0.39 is 116 Å². The van der Waals surface area contributed by atoms with Crippen LogP contribution in [0.3, 0.4) is 0 Å². The van der Waals surface area contributed by atoms with Crippen molar-refractivity contribution in [3.05, 3.63) is 115 Å². The number of carbonyl (C=O) groups excluding carboxylic acids is 2. The Morgan fingerprint density at radius 3 is 1.88 bits per heavy atom. The van der Waals surface area contributed by atoms with Gasteiger partial charge in [0.05, 0.1) is 74.1 Å². The van der Waals surface area contributed by atoms with Crippen LogP contribution >= 0.6 is 0 Å². The minimum Gasteiger partial charge on any atom is -0.481 e. The molecule has 76 heavy (non-hydrogen) atoms. The van der Waals surface area contributed by atoms with E-state index in [4.69, 9.17) is 30.4 Å². The molecule has 2 aliphatic rings. The number of cyclic esters (lactones) is 1. The lowest BCUT2D eigenvalue weighted by Crippen LogP contribution is -2.56. The first kappa shape index (κ1) is 65.6. The molecule has 19 nitrogen and oxygen atoms in total. The van der Waals surface area contributed by atoms with Gasteiger partial charge in [0.2, 0.25) is 0 Å². The summed E-state index contributed by atoms with van der Waals surface area (Å²) in [4.78, 5) is 38.5. The molecular formula is C57H86N2O17. The van der Waals surface area contributed by atoms with Gasteiger partial charge in [-0.1, -0.05) is 98.9 Å². The summed E-state index contributed by atoms with van der Waals surface area (Å²) in [7, 11) is 0. The van der Waals surface area contributed by atoms with Crippen molar-refractivity contribution in [1.82, 2.24) is 0 Å². The average molecular weight is 1070 g/mol. The Bertz CT molecular complexity index is 2070. The van der Waals surface area contributed by atoms with E-state index in [2.05, 4.69) is 0 Å².